The van der Waals surface area contributed by atoms with Crippen LogP contribution in [-0.4, -0.2) is 53.3 Å². The average molecular weight is 558 g/mol. The average Bonchev–Trinajstić information content (AvgIpc) is 3.46. The van der Waals surface area contributed by atoms with Gasteiger partial charge in [-0.2, -0.15) is 4.31 Å². The second kappa shape index (κ2) is 12.0. The third kappa shape index (κ3) is 7.12. The van der Waals surface area contributed by atoms with Gasteiger partial charge < -0.3 is 10.1 Å². The number of sulfonamides is 2. The Kier molecular flexibility index (Phi) is 8.70. The number of amides is 1. The standard InChI is InChI=1S/C27H31N3O6S2/c1-21-4-8-23(9-5-21)29-37(32,33)25-14-10-24(11-15-25)36-20-27(31)28-17-16-22-6-12-26(13-7-22)38(34,35)30-18-2-3-19-30/h4-15,29H,2-3,16-20H2,1H3,(H,28,31). The predicted octanol–water partition coefficient (Wildman–Crippen LogP) is 3.32. The number of anilines is 1. The number of rotatable bonds is 11. The molecule has 1 aliphatic rings. The predicted molar refractivity (Wildman–Crippen MR) is 145 cm³/mol. The van der Waals surface area contributed by atoms with Crippen LogP contribution in [0.5, 0.6) is 5.75 Å². The highest BCUT2D eigenvalue weighted by molar-refractivity contribution is 7.92. The number of carbonyl (C=O) groups excluding carboxylic acids is 1. The fourth-order valence-corrected chi connectivity index (χ4v) is 6.58. The summed E-state index contributed by atoms with van der Waals surface area (Å²) in [6, 6.07) is 19.6. The summed E-state index contributed by atoms with van der Waals surface area (Å²) in [5.74, 6) is 0.0419. The molecule has 1 heterocycles. The van der Waals surface area contributed by atoms with Crippen molar-refractivity contribution in [1.29, 1.82) is 0 Å². The van der Waals surface area contributed by atoms with Gasteiger partial charge in [0.2, 0.25) is 10.0 Å². The maximum absolute atomic E-state index is 12.6. The van der Waals surface area contributed by atoms with E-state index >= 15 is 0 Å². The molecule has 3 aromatic carbocycles. The first kappa shape index (κ1) is 27.6. The van der Waals surface area contributed by atoms with Crippen molar-refractivity contribution in [2.75, 3.05) is 31.0 Å². The van der Waals surface area contributed by atoms with Crippen LogP contribution in [0.15, 0.2) is 82.6 Å². The highest BCUT2D eigenvalue weighted by Crippen LogP contribution is 2.22. The maximum Gasteiger partial charge on any atom is 0.261 e. The fourth-order valence-electron chi connectivity index (χ4n) is 4.00. The van der Waals surface area contributed by atoms with Gasteiger partial charge in [0.25, 0.3) is 15.9 Å². The zero-order chi connectivity index (χ0) is 27.2. The van der Waals surface area contributed by atoms with Crippen molar-refractivity contribution in [3.8, 4) is 5.75 Å². The van der Waals surface area contributed by atoms with Crippen LogP contribution in [0.4, 0.5) is 5.69 Å². The van der Waals surface area contributed by atoms with Gasteiger partial charge in [0.05, 0.1) is 9.79 Å². The number of nitrogens with one attached hydrogen (secondary N) is 2. The molecule has 9 nitrogen and oxygen atoms in total. The first-order valence-electron chi connectivity index (χ1n) is 12.3. The van der Waals surface area contributed by atoms with Crippen LogP contribution in [0, 0.1) is 6.92 Å². The van der Waals surface area contributed by atoms with Crippen LogP contribution in [0.3, 0.4) is 0 Å². The van der Waals surface area contributed by atoms with E-state index in [0.717, 1.165) is 24.0 Å². The van der Waals surface area contributed by atoms with Crippen molar-refractivity contribution in [2.45, 2.75) is 36.0 Å². The molecule has 1 aliphatic heterocycles. The van der Waals surface area contributed by atoms with Crippen molar-refractivity contribution in [1.82, 2.24) is 9.62 Å². The molecule has 38 heavy (non-hydrogen) atoms. The lowest BCUT2D eigenvalue weighted by molar-refractivity contribution is -0.123. The Morgan fingerprint density at radius 3 is 2.08 bits per heavy atom. The molecular formula is C27H31N3O6S2. The summed E-state index contributed by atoms with van der Waals surface area (Å²) in [4.78, 5) is 12.5. The molecule has 3 aromatic rings. The first-order valence-corrected chi connectivity index (χ1v) is 15.2. The van der Waals surface area contributed by atoms with E-state index in [0.29, 0.717) is 37.5 Å². The Bertz CT molecular complexity index is 1450. The molecule has 0 spiro atoms. The minimum absolute atomic E-state index is 0.0779. The number of hydrogen-bond donors (Lipinski definition) is 2. The Morgan fingerprint density at radius 2 is 1.45 bits per heavy atom. The van der Waals surface area contributed by atoms with Gasteiger partial charge in [-0.05, 0) is 80.3 Å². The Balaban J connectivity index is 1.21. The topological polar surface area (TPSA) is 122 Å². The molecule has 1 amide bonds. The van der Waals surface area contributed by atoms with E-state index in [1.54, 1.807) is 36.4 Å². The van der Waals surface area contributed by atoms with E-state index in [2.05, 4.69) is 10.0 Å². The van der Waals surface area contributed by atoms with Crippen molar-refractivity contribution >= 4 is 31.6 Å². The monoisotopic (exact) mass is 557 g/mol. The number of ether oxygens (including phenoxy) is 1. The molecule has 2 N–H and O–H groups in total. The lowest BCUT2D eigenvalue weighted by Gasteiger charge is -2.15. The van der Waals surface area contributed by atoms with Gasteiger partial charge >= 0.3 is 0 Å². The fraction of sp³-hybridized carbons (Fsp3) is 0.296. The van der Waals surface area contributed by atoms with Crippen molar-refractivity contribution in [3.63, 3.8) is 0 Å². The van der Waals surface area contributed by atoms with E-state index in [4.69, 9.17) is 4.74 Å². The van der Waals surface area contributed by atoms with E-state index < -0.39 is 20.0 Å². The molecule has 11 heteroatoms. The molecule has 1 fully saturated rings. The molecule has 0 unspecified atom stereocenters. The summed E-state index contributed by atoms with van der Waals surface area (Å²) in [7, 11) is -7.19. The van der Waals surface area contributed by atoms with E-state index in [-0.39, 0.29) is 22.3 Å². The van der Waals surface area contributed by atoms with Gasteiger partial charge in [-0.3, -0.25) is 9.52 Å². The molecule has 1 saturated heterocycles. The SMILES string of the molecule is Cc1ccc(NS(=O)(=O)c2ccc(OCC(=O)NCCc3ccc(S(=O)(=O)N4CCCC4)cc3)cc2)cc1. The third-order valence-corrected chi connectivity index (χ3v) is 9.48. The second-order valence-corrected chi connectivity index (χ2v) is 12.7. The van der Waals surface area contributed by atoms with Crippen LogP contribution in [0.25, 0.3) is 0 Å². The smallest absolute Gasteiger partial charge is 0.261 e. The second-order valence-electron chi connectivity index (χ2n) is 9.09. The van der Waals surface area contributed by atoms with E-state index in [9.17, 15) is 21.6 Å². The Labute approximate surface area is 223 Å². The molecule has 4 rings (SSSR count). The molecule has 0 aromatic heterocycles. The van der Waals surface area contributed by atoms with Gasteiger partial charge in [0.1, 0.15) is 5.75 Å². The first-order chi connectivity index (χ1) is 18.1. The number of nitrogens with zero attached hydrogens (tertiary/aromatic N) is 1. The highest BCUT2D eigenvalue weighted by atomic mass is 32.2. The zero-order valence-electron chi connectivity index (χ0n) is 21.1. The molecule has 0 bridgehead atoms. The van der Waals surface area contributed by atoms with E-state index in [1.165, 1.54) is 28.6 Å². The van der Waals surface area contributed by atoms with Gasteiger partial charge in [0, 0.05) is 25.3 Å². The Hall–Kier alpha value is -3.41. The zero-order valence-corrected chi connectivity index (χ0v) is 22.7. The molecule has 0 radical (unpaired) electrons. The minimum atomic E-state index is -3.75. The number of benzene rings is 3. The van der Waals surface area contributed by atoms with Gasteiger partial charge in [-0.1, -0.05) is 29.8 Å². The van der Waals surface area contributed by atoms with Crippen LogP contribution in [0.1, 0.15) is 24.0 Å². The molecule has 0 atom stereocenters. The summed E-state index contributed by atoms with van der Waals surface area (Å²) in [5.41, 5.74) is 2.40. The van der Waals surface area contributed by atoms with Crippen molar-refractivity contribution < 1.29 is 26.4 Å². The largest absolute Gasteiger partial charge is 0.484 e. The summed E-state index contributed by atoms with van der Waals surface area (Å²) in [6.07, 6.45) is 2.32. The van der Waals surface area contributed by atoms with Crippen LogP contribution >= 0.6 is 0 Å². The summed E-state index contributed by atoms with van der Waals surface area (Å²) >= 11 is 0. The van der Waals surface area contributed by atoms with Gasteiger partial charge in [-0.15, -0.1) is 0 Å². The van der Waals surface area contributed by atoms with E-state index in [1.807, 2.05) is 19.1 Å². The maximum atomic E-state index is 12.6. The molecular weight excluding hydrogens is 526 g/mol. The lowest BCUT2D eigenvalue weighted by atomic mass is 10.1. The molecule has 0 saturated carbocycles. The van der Waals surface area contributed by atoms with Gasteiger partial charge in [0.15, 0.2) is 6.61 Å². The van der Waals surface area contributed by atoms with Crippen molar-refractivity contribution in [3.05, 3.63) is 83.9 Å². The minimum Gasteiger partial charge on any atom is -0.484 e. The number of aryl methyl sites for hydroxylation is 1. The Morgan fingerprint density at radius 1 is 0.842 bits per heavy atom. The summed E-state index contributed by atoms with van der Waals surface area (Å²) < 4.78 is 59.9. The summed E-state index contributed by atoms with van der Waals surface area (Å²) in [5, 5.41) is 2.76. The van der Waals surface area contributed by atoms with Crippen LogP contribution in [0.2, 0.25) is 0 Å². The molecule has 202 valence electrons. The number of hydrogen-bond acceptors (Lipinski definition) is 6. The van der Waals surface area contributed by atoms with Crippen LogP contribution < -0.4 is 14.8 Å². The van der Waals surface area contributed by atoms with Gasteiger partial charge in [-0.25, -0.2) is 16.8 Å². The lowest BCUT2D eigenvalue weighted by Crippen LogP contribution is -2.30. The van der Waals surface area contributed by atoms with Crippen LogP contribution in [-0.2, 0) is 31.3 Å². The summed E-state index contributed by atoms with van der Waals surface area (Å²) in [6.45, 7) is 3.18. The number of carbonyl (C=O) groups is 1. The highest BCUT2D eigenvalue weighted by Gasteiger charge is 2.26. The van der Waals surface area contributed by atoms with Crippen molar-refractivity contribution in [2.24, 2.45) is 0 Å². The molecule has 0 aliphatic carbocycles. The quantitative estimate of drug-likeness (QED) is 0.373. The third-order valence-electron chi connectivity index (χ3n) is 6.17. The normalized spacial score (nSPS) is 14.2.